The van der Waals surface area contributed by atoms with Gasteiger partial charge in [-0.3, -0.25) is 15.0 Å². The summed E-state index contributed by atoms with van der Waals surface area (Å²) in [5.74, 6) is 1.20. The van der Waals surface area contributed by atoms with Crippen LogP contribution in [-0.4, -0.2) is 54.1 Å². The largest absolute Gasteiger partial charge is 0.373 e. The highest BCUT2D eigenvalue weighted by molar-refractivity contribution is 5.55. The van der Waals surface area contributed by atoms with Gasteiger partial charge in [0.1, 0.15) is 11.6 Å². The van der Waals surface area contributed by atoms with E-state index in [1.54, 1.807) is 13.1 Å². The average molecular weight is 279 g/mol. The number of anilines is 2. The van der Waals surface area contributed by atoms with Gasteiger partial charge >= 0.3 is 0 Å². The first-order valence-corrected chi connectivity index (χ1v) is 6.84. The van der Waals surface area contributed by atoms with Crippen LogP contribution in [-0.2, 0) is 0 Å². The second kappa shape index (κ2) is 6.04. The van der Waals surface area contributed by atoms with Gasteiger partial charge in [-0.25, -0.2) is 4.98 Å². The van der Waals surface area contributed by atoms with Crippen molar-refractivity contribution in [2.75, 3.05) is 43.4 Å². The highest BCUT2D eigenvalue weighted by Crippen LogP contribution is 2.24. The van der Waals surface area contributed by atoms with E-state index >= 15 is 0 Å². The van der Waals surface area contributed by atoms with Crippen molar-refractivity contribution in [1.82, 2.24) is 9.88 Å². The summed E-state index contributed by atoms with van der Waals surface area (Å²) in [7, 11) is 1.71. The van der Waals surface area contributed by atoms with Gasteiger partial charge in [-0.1, -0.05) is 0 Å². The topological polar surface area (TPSA) is 74.5 Å². The van der Waals surface area contributed by atoms with Crippen molar-refractivity contribution in [3.63, 3.8) is 0 Å². The fraction of sp³-hybridized carbons (Fsp3) is 0.615. The van der Waals surface area contributed by atoms with Gasteiger partial charge in [-0.05, 0) is 13.8 Å². The van der Waals surface area contributed by atoms with Crippen LogP contribution in [0.2, 0.25) is 0 Å². The molecule has 1 aromatic rings. The van der Waals surface area contributed by atoms with E-state index in [4.69, 9.17) is 0 Å². The summed E-state index contributed by atoms with van der Waals surface area (Å²) < 4.78 is 0. The average Bonchev–Trinajstić information content (AvgIpc) is 2.46. The summed E-state index contributed by atoms with van der Waals surface area (Å²) in [6.45, 7) is 7.96. The van der Waals surface area contributed by atoms with Crippen molar-refractivity contribution in [2.24, 2.45) is 0 Å². The SMILES string of the molecule is CNc1cc([N+](=O)[O-])cc(N2CCN(C(C)C)CC2)n1. The molecule has 0 amide bonds. The number of nitrogens with zero attached hydrogens (tertiary/aromatic N) is 4. The predicted octanol–water partition coefficient (Wildman–Crippen LogP) is 1.56. The van der Waals surface area contributed by atoms with Crippen LogP contribution in [0.25, 0.3) is 0 Å². The number of hydrogen-bond donors (Lipinski definition) is 1. The zero-order valence-electron chi connectivity index (χ0n) is 12.2. The normalized spacial score (nSPS) is 16.5. The van der Waals surface area contributed by atoms with Crippen molar-refractivity contribution < 1.29 is 4.92 Å². The first-order valence-electron chi connectivity index (χ1n) is 6.84. The minimum absolute atomic E-state index is 0.0747. The lowest BCUT2D eigenvalue weighted by atomic mass is 10.2. The third-order valence-corrected chi connectivity index (χ3v) is 3.63. The Labute approximate surface area is 118 Å². The molecule has 0 aliphatic carbocycles. The maximum Gasteiger partial charge on any atom is 0.276 e. The van der Waals surface area contributed by atoms with Crippen LogP contribution in [0.15, 0.2) is 12.1 Å². The van der Waals surface area contributed by atoms with E-state index in [0.29, 0.717) is 17.7 Å². The van der Waals surface area contributed by atoms with Crippen LogP contribution in [0, 0.1) is 10.1 Å². The van der Waals surface area contributed by atoms with E-state index in [9.17, 15) is 10.1 Å². The quantitative estimate of drug-likeness (QED) is 0.666. The monoisotopic (exact) mass is 279 g/mol. The minimum atomic E-state index is -0.379. The molecule has 0 atom stereocenters. The van der Waals surface area contributed by atoms with Gasteiger partial charge in [0, 0.05) is 39.3 Å². The molecular weight excluding hydrogens is 258 g/mol. The molecule has 1 aliphatic heterocycles. The molecule has 0 bridgehead atoms. The Morgan fingerprint density at radius 3 is 2.45 bits per heavy atom. The Morgan fingerprint density at radius 1 is 1.30 bits per heavy atom. The van der Waals surface area contributed by atoms with Crippen molar-refractivity contribution in [2.45, 2.75) is 19.9 Å². The Kier molecular flexibility index (Phi) is 4.39. The zero-order chi connectivity index (χ0) is 14.7. The Morgan fingerprint density at radius 2 is 1.95 bits per heavy atom. The van der Waals surface area contributed by atoms with E-state index in [-0.39, 0.29) is 10.6 Å². The molecule has 2 rings (SSSR count). The van der Waals surface area contributed by atoms with Gasteiger partial charge < -0.3 is 10.2 Å². The van der Waals surface area contributed by atoms with Crippen LogP contribution < -0.4 is 10.2 Å². The molecule has 7 heteroatoms. The Hall–Kier alpha value is -1.89. The molecule has 0 unspecified atom stereocenters. The maximum absolute atomic E-state index is 11.0. The van der Waals surface area contributed by atoms with Crippen LogP contribution >= 0.6 is 0 Å². The highest BCUT2D eigenvalue weighted by Gasteiger charge is 2.21. The lowest BCUT2D eigenvalue weighted by Crippen LogP contribution is -2.49. The van der Waals surface area contributed by atoms with E-state index < -0.39 is 0 Å². The molecule has 0 aromatic carbocycles. The van der Waals surface area contributed by atoms with Crippen LogP contribution in [0.4, 0.5) is 17.3 Å². The lowest BCUT2D eigenvalue weighted by molar-refractivity contribution is -0.384. The van der Waals surface area contributed by atoms with Crippen molar-refractivity contribution in [1.29, 1.82) is 0 Å². The van der Waals surface area contributed by atoms with Gasteiger partial charge in [0.2, 0.25) is 0 Å². The van der Waals surface area contributed by atoms with Crippen molar-refractivity contribution in [3.05, 3.63) is 22.2 Å². The van der Waals surface area contributed by atoms with Gasteiger partial charge in [-0.2, -0.15) is 0 Å². The molecule has 1 fully saturated rings. The molecule has 0 spiro atoms. The van der Waals surface area contributed by atoms with E-state index in [1.807, 2.05) is 0 Å². The number of nitrogens with one attached hydrogen (secondary N) is 1. The third-order valence-electron chi connectivity index (χ3n) is 3.63. The first-order chi connectivity index (χ1) is 9.51. The molecule has 1 saturated heterocycles. The fourth-order valence-corrected chi connectivity index (χ4v) is 2.36. The van der Waals surface area contributed by atoms with Gasteiger partial charge in [-0.15, -0.1) is 0 Å². The molecule has 20 heavy (non-hydrogen) atoms. The van der Waals surface area contributed by atoms with Crippen LogP contribution in [0.3, 0.4) is 0 Å². The molecule has 0 radical (unpaired) electrons. The van der Waals surface area contributed by atoms with Crippen LogP contribution in [0.1, 0.15) is 13.8 Å². The fourth-order valence-electron chi connectivity index (χ4n) is 2.36. The van der Waals surface area contributed by atoms with E-state index in [1.165, 1.54) is 6.07 Å². The molecule has 1 aliphatic rings. The summed E-state index contributed by atoms with van der Waals surface area (Å²) in [4.78, 5) is 19.5. The Balaban J connectivity index is 2.17. The molecule has 1 N–H and O–H groups in total. The molecule has 0 saturated carbocycles. The molecule has 110 valence electrons. The number of nitro groups is 1. The zero-order valence-corrected chi connectivity index (χ0v) is 12.2. The maximum atomic E-state index is 11.0. The highest BCUT2D eigenvalue weighted by atomic mass is 16.6. The van der Waals surface area contributed by atoms with Gasteiger partial charge in [0.05, 0.1) is 17.1 Å². The predicted molar refractivity (Wildman–Crippen MR) is 79.4 cm³/mol. The summed E-state index contributed by atoms with van der Waals surface area (Å²) in [6, 6.07) is 3.53. The molecular formula is C13H21N5O2. The standard InChI is InChI=1S/C13H21N5O2/c1-10(2)16-4-6-17(7-5-16)13-9-11(18(19)20)8-12(14-3)15-13/h8-10H,4-7H2,1-3H3,(H,14,15). The number of piperazine rings is 1. The number of hydrogen-bond acceptors (Lipinski definition) is 6. The summed E-state index contributed by atoms with van der Waals surface area (Å²) in [6.07, 6.45) is 0. The van der Waals surface area contributed by atoms with E-state index in [0.717, 1.165) is 26.2 Å². The summed E-state index contributed by atoms with van der Waals surface area (Å²) in [5, 5.41) is 13.8. The lowest BCUT2D eigenvalue weighted by Gasteiger charge is -2.37. The van der Waals surface area contributed by atoms with E-state index in [2.05, 4.69) is 33.9 Å². The second-order valence-electron chi connectivity index (χ2n) is 5.19. The third kappa shape index (κ3) is 3.16. The molecule has 2 heterocycles. The van der Waals surface area contributed by atoms with Crippen LogP contribution in [0.5, 0.6) is 0 Å². The van der Waals surface area contributed by atoms with Gasteiger partial charge in [0.25, 0.3) is 5.69 Å². The molecule has 1 aromatic heterocycles. The van der Waals surface area contributed by atoms with Crippen molar-refractivity contribution in [3.8, 4) is 0 Å². The van der Waals surface area contributed by atoms with Crippen molar-refractivity contribution >= 4 is 17.3 Å². The Bertz CT molecular complexity index is 484. The summed E-state index contributed by atoms with van der Waals surface area (Å²) >= 11 is 0. The van der Waals surface area contributed by atoms with Gasteiger partial charge in [0.15, 0.2) is 0 Å². The smallest absolute Gasteiger partial charge is 0.276 e. The summed E-state index contributed by atoms with van der Waals surface area (Å²) in [5.41, 5.74) is 0.0747. The minimum Gasteiger partial charge on any atom is -0.373 e. The number of rotatable bonds is 4. The first kappa shape index (κ1) is 14.5. The second-order valence-corrected chi connectivity index (χ2v) is 5.19. The number of pyridine rings is 1. The number of aromatic nitrogens is 1. The molecule has 7 nitrogen and oxygen atoms in total.